The molecule has 3 aromatic carbocycles. The Kier molecular flexibility index (Phi) is 5.45. The molecule has 0 aliphatic carbocycles. The van der Waals surface area contributed by atoms with Crippen LogP contribution in [0.3, 0.4) is 0 Å². The fraction of sp³-hybridized carbons (Fsp3) is 0.100. The highest BCUT2D eigenvalue weighted by atomic mass is 16.2. The van der Waals surface area contributed by atoms with E-state index in [0.717, 1.165) is 11.1 Å². The van der Waals surface area contributed by atoms with Gasteiger partial charge in [-0.05, 0) is 35.7 Å². The summed E-state index contributed by atoms with van der Waals surface area (Å²) in [5.74, 6) is -0.919. The van der Waals surface area contributed by atoms with Gasteiger partial charge in [-0.25, -0.2) is 0 Å². The number of aromatic nitrogens is 2. The molecule has 37 heavy (non-hydrogen) atoms. The van der Waals surface area contributed by atoms with E-state index in [4.69, 9.17) is 0 Å². The Morgan fingerprint density at radius 2 is 1.41 bits per heavy atom. The third kappa shape index (κ3) is 3.72. The molecule has 7 nitrogen and oxygen atoms in total. The smallest absolute Gasteiger partial charge is 0.262 e. The van der Waals surface area contributed by atoms with Crippen molar-refractivity contribution in [3.8, 4) is 0 Å². The van der Waals surface area contributed by atoms with E-state index in [0.29, 0.717) is 38.7 Å². The van der Waals surface area contributed by atoms with Crippen LogP contribution in [-0.2, 0) is 17.9 Å². The van der Waals surface area contributed by atoms with Gasteiger partial charge in [-0.1, -0.05) is 48.5 Å². The van der Waals surface area contributed by atoms with Gasteiger partial charge in [-0.2, -0.15) is 0 Å². The SMILES string of the molecule is CC(=O)N(Cc1ccccn1)c1c2ccccc2c2c3c(cccc13)C(=O)N(Cc1ccccn1)C2=O. The molecule has 1 aliphatic rings. The zero-order valence-corrected chi connectivity index (χ0v) is 20.1. The normalized spacial score (nSPS) is 12.8. The van der Waals surface area contributed by atoms with E-state index in [9.17, 15) is 14.4 Å². The molecule has 2 aromatic heterocycles. The molecule has 0 unspecified atom stereocenters. The molecule has 0 saturated heterocycles. The number of hydrogen-bond acceptors (Lipinski definition) is 5. The Bertz CT molecular complexity index is 1700. The van der Waals surface area contributed by atoms with Gasteiger partial charge in [0, 0.05) is 41.0 Å². The quantitative estimate of drug-likeness (QED) is 0.254. The summed E-state index contributed by atoms with van der Waals surface area (Å²) >= 11 is 0. The lowest BCUT2D eigenvalue weighted by atomic mass is 9.87. The summed E-state index contributed by atoms with van der Waals surface area (Å²) < 4.78 is 0. The highest BCUT2D eigenvalue weighted by Crippen LogP contribution is 2.43. The Morgan fingerprint density at radius 1 is 0.757 bits per heavy atom. The van der Waals surface area contributed by atoms with Crippen LogP contribution in [-0.4, -0.2) is 32.6 Å². The third-order valence-corrected chi connectivity index (χ3v) is 6.70. The van der Waals surface area contributed by atoms with E-state index in [1.54, 1.807) is 41.6 Å². The average Bonchev–Trinajstić information content (AvgIpc) is 2.93. The van der Waals surface area contributed by atoms with Crippen LogP contribution in [0.15, 0.2) is 91.3 Å². The highest BCUT2D eigenvalue weighted by Gasteiger charge is 2.36. The third-order valence-electron chi connectivity index (χ3n) is 6.70. The van der Waals surface area contributed by atoms with Gasteiger partial charge >= 0.3 is 0 Å². The van der Waals surface area contributed by atoms with E-state index in [2.05, 4.69) is 9.97 Å². The first-order valence-corrected chi connectivity index (χ1v) is 12.0. The van der Waals surface area contributed by atoms with E-state index in [1.165, 1.54) is 11.8 Å². The summed E-state index contributed by atoms with van der Waals surface area (Å²) in [4.78, 5) is 52.2. The Morgan fingerprint density at radius 3 is 2.08 bits per heavy atom. The summed E-state index contributed by atoms with van der Waals surface area (Å²) in [6.07, 6.45) is 3.33. The van der Waals surface area contributed by atoms with Crippen LogP contribution in [0.25, 0.3) is 21.5 Å². The number of imide groups is 1. The van der Waals surface area contributed by atoms with Crippen molar-refractivity contribution in [3.05, 3.63) is 114 Å². The number of amides is 3. The van der Waals surface area contributed by atoms with Crippen LogP contribution < -0.4 is 4.90 Å². The largest absolute Gasteiger partial charge is 0.305 e. The van der Waals surface area contributed by atoms with Crippen LogP contribution in [0.1, 0.15) is 39.0 Å². The molecule has 0 spiro atoms. The van der Waals surface area contributed by atoms with Crippen molar-refractivity contribution >= 4 is 45.0 Å². The molecule has 5 aromatic rings. The number of anilines is 1. The summed E-state index contributed by atoms with van der Waals surface area (Å²) in [7, 11) is 0. The van der Waals surface area contributed by atoms with Crippen molar-refractivity contribution in [1.29, 1.82) is 0 Å². The number of benzene rings is 3. The van der Waals surface area contributed by atoms with Crippen LogP contribution >= 0.6 is 0 Å². The Labute approximate surface area is 213 Å². The predicted octanol–water partition coefficient (Wildman–Crippen LogP) is 5.13. The lowest BCUT2D eigenvalue weighted by Gasteiger charge is -2.31. The Hall–Kier alpha value is -4.91. The molecule has 3 heterocycles. The van der Waals surface area contributed by atoms with Crippen molar-refractivity contribution in [2.75, 3.05) is 4.90 Å². The molecule has 0 atom stereocenters. The number of pyridine rings is 2. The lowest BCUT2D eigenvalue weighted by Crippen LogP contribution is -2.40. The zero-order chi connectivity index (χ0) is 25.5. The predicted molar refractivity (Wildman–Crippen MR) is 141 cm³/mol. The standard InChI is InChI=1S/C30H22N4O3/c1-19(35)33(17-20-9-4-6-15-31-20)28-23-12-3-2-11-22(23)27-26-24(28)13-8-14-25(26)29(36)34(30(27)37)18-21-10-5-7-16-32-21/h2-16H,17-18H2,1H3. The first-order chi connectivity index (χ1) is 18.0. The van der Waals surface area contributed by atoms with Gasteiger partial charge in [-0.3, -0.25) is 29.3 Å². The monoisotopic (exact) mass is 486 g/mol. The van der Waals surface area contributed by atoms with Crippen molar-refractivity contribution in [1.82, 2.24) is 14.9 Å². The first-order valence-electron chi connectivity index (χ1n) is 12.0. The van der Waals surface area contributed by atoms with Crippen LogP contribution in [0, 0.1) is 0 Å². The molecule has 0 radical (unpaired) electrons. The molecule has 0 saturated carbocycles. The minimum Gasteiger partial charge on any atom is -0.305 e. The van der Waals surface area contributed by atoms with E-state index in [1.807, 2.05) is 54.6 Å². The molecule has 0 bridgehead atoms. The fourth-order valence-electron chi connectivity index (χ4n) is 5.07. The van der Waals surface area contributed by atoms with E-state index < -0.39 is 0 Å². The van der Waals surface area contributed by atoms with Gasteiger partial charge in [0.05, 0.1) is 35.7 Å². The minimum atomic E-state index is -0.380. The summed E-state index contributed by atoms with van der Waals surface area (Å²) in [6, 6.07) is 23.9. The molecule has 3 amide bonds. The second-order valence-corrected chi connectivity index (χ2v) is 8.94. The van der Waals surface area contributed by atoms with Gasteiger partial charge in [0.15, 0.2) is 0 Å². The number of carbonyl (C=O) groups excluding carboxylic acids is 3. The highest BCUT2D eigenvalue weighted by molar-refractivity contribution is 6.34. The molecule has 0 N–H and O–H groups in total. The lowest BCUT2D eigenvalue weighted by molar-refractivity contribution is -0.116. The van der Waals surface area contributed by atoms with Crippen molar-refractivity contribution in [2.45, 2.75) is 20.0 Å². The number of fused-ring (bicyclic) bond motifs is 2. The average molecular weight is 487 g/mol. The fourth-order valence-corrected chi connectivity index (χ4v) is 5.07. The second kappa shape index (κ2) is 8.95. The van der Waals surface area contributed by atoms with E-state index in [-0.39, 0.29) is 30.8 Å². The van der Waals surface area contributed by atoms with Gasteiger partial charge in [0.2, 0.25) is 5.91 Å². The van der Waals surface area contributed by atoms with Gasteiger partial charge in [0.25, 0.3) is 11.8 Å². The number of nitrogens with zero attached hydrogens (tertiary/aromatic N) is 4. The summed E-state index contributed by atoms with van der Waals surface area (Å²) in [5, 5.41) is 2.69. The van der Waals surface area contributed by atoms with Gasteiger partial charge in [-0.15, -0.1) is 0 Å². The molecule has 7 heteroatoms. The molecule has 6 rings (SSSR count). The van der Waals surface area contributed by atoms with Crippen molar-refractivity contribution in [3.63, 3.8) is 0 Å². The molecule has 0 fully saturated rings. The molecule has 1 aliphatic heterocycles. The Balaban J connectivity index is 1.61. The maximum atomic E-state index is 13.9. The summed E-state index contributed by atoms with van der Waals surface area (Å²) in [5.41, 5.74) is 2.90. The molecular weight excluding hydrogens is 464 g/mol. The van der Waals surface area contributed by atoms with Crippen molar-refractivity contribution < 1.29 is 14.4 Å². The maximum Gasteiger partial charge on any atom is 0.262 e. The molecular formula is C30H22N4O3. The maximum absolute atomic E-state index is 13.9. The number of carbonyl (C=O) groups is 3. The number of rotatable bonds is 5. The van der Waals surface area contributed by atoms with Crippen LogP contribution in [0.2, 0.25) is 0 Å². The summed E-state index contributed by atoms with van der Waals surface area (Å²) in [6.45, 7) is 1.84. The first kappa shape index (κ1) is 22.5. The van der Waals surface area contributed by atoms with Crippen LogP contribution in [0.5, 0.6) is 0 Å². The van der Waals surface area contributed by atoms with Crippen molar-refractivity contribution in [2.24, 2.45) is 0 Å². The number of hydrogen-bond donors (Lipinski definition) is 0. The molecule has 180 valence electrons. The second-order valence-electron chi connectivity index (χ2n) is 8.94. The van der Waals surface area contributed by atoms with Crippen LogP contribution in [0.4, 0.5) is 5.69 Å². The topological polar surface area (TPSA) is 83.5 Å². The zero-order valence-electron chi connectivity index (χ0n) is 20.1. The minimum absolute atomic E-state index is 0.0731. The van der Waals surface area contributed by atoms with Gasteiger partial charge in [0.1, 0.15) is 0 Å². The van der Waals surface area contributed by atoms with E-state index >= 15 is 0 Å². The van der Waals surface area contributed by atoms with Gasteiger partial charge < -0.3 is 4.90 Å².